The predicted molar refractivity (Wildman–Crippen MR) is 51.0 cm³/mol. The van der Waals surface area contributed by atoms with Crippen LogP contribution in [-0.4, -0.2) is 19.4 Å². The van der Waals surface area contributed by atoms with E-state index in [9.17, 15) is 4.21 Å². The fourth-order valence-corrected chi connectivity index (χ4v) is 1.77. The summed E-state index contributed by atoms with van der Waals surface area (Å²) in [6, 6.07) is 0. The molecule has 1 unspecified atom stereocenters. The van der Waals surface area contributed by atoms with Gasteiger partial charge in [0.2, 0.25) is 0 Å². The summed E-state index contributed by atoms with van der Waals surface area (Å²) in [5, 5.41) is -0.209. The average Bonchev–Trinajstić information content (AvgIpc) is 2.04. The molecule has 1 atom stereocenters. The van der Waals surface area contributed by atoms with Gasteiger partial charge in [-0.05, 0) is 20.8 Å². The Morgan fingerprint density at radius 3 is 2.23 bits per heavy atom. The van der Waals surface area contributed by atoms with Gasteiger partial charge < -0.3 is 0 Å². The summed E-state index contributed by atoms with van der Waals surface area (Å²) in [7, 11) is -2.72. The molecule has 0 aliphatic carbocycles. The monoisotopic (exact) mass is 199 g/mol. The van der Waals surface area contributed by atoms with E-state index >= 15 is 0 Å². The molecule has 72 valence electrons. The minimum Gasteiger partial charge on any atom is -0.249 e. The van der Waals surface area contributed by atoms with E-state index in [0.29, 0.717) is 10.7 Å². The maximum Gasteiger partial charge on any atom is 0.125 e. The summed E-state index contributed by atoms with van der Waals surface area (Å²) < 4.78 is 19.4. The van der Waals surface area contributed by atoms with Crippen molar-refractivity contribution in [2.45, 2.75) is 30.9 Å². The number of hydrogen-bond donors (Lipinski definition) is 1. The molecule has 13 heavy (non-hydrogen) atoms. The molecule has 1 aromatic rings. The van der Waals surface area contributed by atoms with Crippen LogP contribution in [0.5, 0.6) is 0 Å². The van der Waals surface area contributed by atoms with Gasteiger partial charge in [-0.1, -0.05) is 0 Å². The van der Waals surface area contributed by atoms with Gasteiger partial charge in [0.25, 0.3) is 0 Å². The highest BCUT2D eigenvalue weighted by molar-refractivity contribution is 7.93. The lowest BCUT2D eigenvalue weighted by atomic mass is 10.6. The molecular formula is C8H13N3OS. The van der Waals surface area contributed by atoms with Crippen molar-refractivity contribution in [1.82, 2.24) is 9.97 Å². The van der Waals surface area contributed by atoms with E-state index in [-0.39, 0.29) is 5.25 Å². The van der Waals surface area contributed by atoms with E-state index in [1.807, 2.05) is 0 Å². The zero-order valence-electron chi connectivity index (χ0n) is 7.94. The average molecular weight is 199 g/mol. The lowest BCUT2D eigenvalue weighted by molar-refractivity contribution is 0.666. The molecule has 4 nitrogen and oxygen atoms in total. The molecule has 1 aromatic heterocycles. The lowest BCUT2D eigenvalue weighted by Gasteiger charge is -2.09. The first-order chi connectivity index (χ1) is 5.94. The lowest BCUT2D eigenvalue weighted by Crippen LogP contribution is -2.13. The van der Waals surface area contributed by atoms with E-state index in [1.165, 1.54) is 12.4 Å². The first kappa shape index (κ1) is 10.1. The van der Waals surface area contributed by atoms with Crippen molar-refractivity contribution in [1.29, 1.82) is 4.78 Å². The van der Waals surface area contributed by atoms with Gasteiger partial charge in [0.05, 0.1) is 14.6 Å². The third-order valence-corrected chi connectivity index (χ3v) is 4.01. The molecule has 0 aromatic carbocycles. The second kappa shape index (κ2) is 3.41. The minimum atomic E-state index is -2.72. The highest BCUT2D eigenvalue weighted by Gasteiger charge is 2.15. The zero-order chi connectivity index (χ0) is 10.1. The summed E-state index contributed by atoms with van der Waals surface area (Å²) in [5.74, 6) is 0.628. The summed E-state index contributed by atoms with van der Waals surface area (Å²) in [6.07, 6.45) is 2.94. The van der Waals surface area contributed by atoms with Gasteiger partial charge in [-0.15, -0.1) is 0 Å². The fraction of sp³-hybridized carbons (Fsp3) is 0.500. The van der Waals surface area contributed by atoms with Crippen LogP contribution in [0.2, 0.25) is 0 Å². The smallest absolute Gasteiger partial charge is 0.125 e. The molecule has 1 heterocycles. The highest BCUT2D eigenvalue weighted by atomic mass is 32.2. The molecular weight excluding hydrogens is 186 g/mol. The Bertz CT molecular complexity index is 380. The van der Waals surface area contributed by atoms with Crippen LogP contribution in [0.3, 0.4) is 0 Å². The largest absolute Gasteiger partial charge is 0.249 e. The van der Waals surface area contributed by atoms with Gasteiger partial charge in [0, 0.05) is 17.6 Å². The quantitative estimate of drug-likeness (QED) is 0.786. The molecule has 1 rings (SSSR count). The maximum absolute atomic E-state index is 11.8. The van der Waals surface area contributed by atoms with Gasteiger partial charge >= 0.3 is 0 Å². The predicted octanol–water partition coefficient (Wildman–Crippen LogP) is 1.60. The third kappa shape index (κ3) is 2.03. The number of nitrogens with zero attached hydrogens (tertiary/aromatic N) is 2. The molecule has 0 radical (unpaired) electrons. The number of aryl methyl sites for hydroxylation is 1. The van der Waals surface area contributed by atoms with Gasteiger partial charge in [0.1, 0.15) is 5.82 Å². The fourth-order valence-electron chi connectivity index (χ4n) is 0.810. The van der Waals surface area contributed by atoms with Crippen LogP contribution in [0.25, 0.3) is 0 Å². The third-order valence-electron chi connectivity index (χ3n) is 1.77. The second-order valence-corrected chi connectivity index (χ2v) is 5.73. The van der Waals surface area contributed by atoms with Crippen LogP contribution in [0, 0.1) is 11.7 Å². The van der Waals surface area contributed by atoms with Crippen molar-refractivity contribution in [3.05, 3.63) is 18.2 Å². The topological polar surface area (TPSA) is 66.7 Å². The van der Waals surface area contributed by atoms with Crippen molar-refractivity contribution >= 4 is 9.73 Å². The molecule has 1 N–H and O–H groups in total. The molecule has 0 spiro atoms. The SMILES string of the molecule is Cc1ncc(S(=N)(=O)C(C)C)cn1. The van der Waals surface area contributed by atoms with Crippen LogP contribution >= 0.6 is 0 Å². The van der Waals surface area contributed by atoms with E-state index in [0.717, 1.165) is 0 Å². The summed E-state index contributed by atoms with van der Waals surface area (Å²) >= 11 is 0. The Morgan fingerprint density at radius 1 is 1.38 bits per heavy atom. The minimum absolute atomic E-state index is 0.209. The molecule has 0 saturated carbocycles. The van der Waals surface area contributed by atoms with Gasteiger partial charge in [0.15, 0.2) is 0 Å². The van der Waals surface area contributed by atoms with Crippen molar-refractivity contribution in [3.63, 3.8) is 0 Å². The molecule has 5 heteroatoms. The molecule has 0 bridgehead atoms. The Kier molecular flexibility index (Phi) is 2.66. The van der Waals surface area contributed by atoms with Crippen LogP contribution in [0.1, 0.15) is 19.7 Å². The molecule has 0 aliphatic heterocycles. The number of hydrogen-bond acceptors (Lipinski definition) is 4. The van der Waals surface area contributed by atoms with Gasteiger partial charge in [-0.25, -0.2) is 19.0 Å². The zero-order valence-corrected chi connectivity index (χ0v) is 8.76. The Morgan fingerprint density at radius 2 is 1.85 bits per heavy atom. The van der Waals surface area contributed by atoms with Crippen LogP contribution in [0.4, 0.5) is 0 Å². The van der Waals surface area contributed by atoms with E-state index in [2.05, 4.69) is 9.97 Å². The van der Waals surface area contributed by atoms with Gasteiger partial charge in [-0.2, -0.15) is 0 Å². The summed E-state index contributed by atoms with van der Waals surface area (Å²) in [5.41, 5.74) is 0. The number of rotatable bonds is 2. The normalized spacial score (nSPS) is 15.7. The number of nitrogens with one attached hydrogen (secondary N) is 1. The molecule has 0 aliphatic rings. The standard InChI is InChI=1S/C8H13N3OS/c1-6(2)13(9,12)8-4-10-7(3)11-5-8/h4-6,9H,1-3H3. The van der Waals surface area contributed by atoms with Crippen molar-refractivity contribution in [2.24, 2.45) is 0 Å². The molecule has 0 amide bonds. The Labute approximate surface area is 78.4 Å². The summed E-state index contributed by atoms with van der Waals surface area (Å²) in [4.78, 5) is 8.25. The molecule has 0 fully saturated rings. The van der Waals surface area contributed by atoms with E-state index in [1.54, 1.807) is 20.8 Å². The Balaban J connectivity index is 3.17. The second-order valence-electron chi connectivity index (χ2n) is 3.12. The van der Waals surface area contributed by atoms with Crippen LogP contribution in [0.15, 0.2) is 17.3 Å². The van der Waals surface area contributed by atoms with Crippen molar-refractivity contribution in [3.8, 4) is 0 Å². The molecule has 0 saturated heterocycles. The maximum atomic E-state index is 11.8. The van der Waals surface area contributed by atoms with E-state index in [4.69, 9.17) is 4.78 Å². The van der Waals surface area contributed by atoms with Crippen LogP contribution in [-0.2, 0) is 9.73 Å². The van der Waals surface area contributed by atoms with Crippen LogP contribution < -0.4 is 0 Å². The van der Waals surface area contributed by atoms with Crippen molar-refractivity contribution in [2.75, 3.05) is 0 Å². The first-order valence-electron chi connectivity index (χ1n) is 4.01. The Hall–Kier alpha value is -0.970. The first-order valence-corrected chi connectivity index (χ1v) is 5.63. The van der Waals surface area contributed by atoms with E-state index < -0.39 is 9.73 Å². The number of aromatic nitrogens is 2. The van der Waals surface area contributed by atoms with Gasteiger partial charge in [-0.3, -0.25) is 0 Å². The summed E-state index contributed by atoms with van der Waals surface area (Å²) in [6.45, 7) is 5.27. The van der Waals surface area contributed by atoms with Crippen molar-refractivity contribution < 1.29 is 4.21 Å². The highest BCUT2D eigenvalue weighted by Crippen LogP contribution is 2.14.